The van der Waals surface area contributed by atoms with Crippen molar-refractivity contribution < 1.29 is 0 Å². The molecule has 1 aliphatic heterocycles. The van der Waals surface area contributed by atoms with E-state index in [2.05, 4.69) is 53.6 Å². The van der Waals surface area contributed by atoms with Crippen molar-refractivity contribution in [2.75, 3.05) is 19.6 Å². The lowest BCUT2D eigenvalue weighted by atomic mass is 10.0. The molecule has 0 aliphatic carbocycles. The Kier molecular flexibility index (Phi) is 7.13. The molecule has 0 amide bonds. The number of rotatable bonds is 6. The van der Waals surface area contributed by atoms with Crippen molar-refractivity contribution in [2.45, 2.75) is 51.6 Å². The number of nitrogens with one attached hydrogen (secondary N) is 2. The molecule has 0 aromatic heterocycles. The Balaban J connectivity index is 1.62. The average molecular weight is 320 g/mol. The van der Waals surface area contributed by atoms with E-state index in [-0.39, 0.29) is 0 Å². The van der Waals surface area contributed by atoms with Gasteiger partial charge in [-0.05, 0) is 57.4 Å². The highest BCUT2D eigenvalue weighted by Gasteiger charge is 2.22. The Bertz CT molecular complexity index is 449. The summed E-state index contributed by atoms with van der Waals surface area (Å²) < 4.78 is 0. The zero-order valence-corrected chi connectivity index (χ0v) is 14.7. The molecule has 0 unspecified atom stereocenters. The zero-order valence-electron chi connectivity index (χ0n) is 13.8. The summed E-state index contributed by atoms with van der Waals surface area (Å²) in [4.78, 5) is 2.60. The third-order valence-corrected chi connectivity index (χ3v) is 4.81. The van der Waals surface area contributed by atoms with Gasteiger partial charge in [0.25, 0.3) is 0 Å². The quantitative estimate of drug-likeness (QED) is 0.788. The number of likely N-dealkylation sites (tertiary alicyclic amines) is 1. The molecule has 2 rings (SSSR count). The van der Waals surface area contributed by atoms with Crippen LogP contribution in [0.1, 0.15) is 38.7 Å². The van der Waals surface area contributed by atoms with Crippen molar-refractivity contribution in [3.8, 4) is 0 Å². The SMILES string of the molecule is C[C@@H]1CCCCN1[C@@H](C)CNC(=S)NCCc1ccccc1. The molecule has 1 aromatic carbocycles. The van der Waals surface area contributed by atoms with Gasteiger partial charge in [-0.25, -0.2) is 0 Å². The minimum Gasteiger partial charge on any atom is -0.362 e. The monoisotopic (exact) mass is 319 g/mol. The van der Waals surface area contributed by atoms with Crippen LogP contribution in [-0.4, -0.2) is 41.7 Å². The van der Waals surface area contributed by atoms with Crippen molar-refractivity contribution in [3.63, 3.8) is 0 Å². The van der Waals surface area contributed by atoms with E-state index < -0.39 is 0 Å². The smallest absolute Gasteiger partial charge is 0.166 e. The van der Waals surface area contributed by atoms with E-state index in [0.29, 0.717) is 12.1 Å². The third-order valence-electron chi connectivity index (χ3n) is 4.52. The van der Waals surface area contributed by atoms with Crippen LogP contribution in [0.5, 0.6) is 0 Å². The Morgan fingerprint density at radius 2 is 2.05 bits per heavy atom. The molecule has 22 heavy (non-hydrogen) atoms. The lowest BCUT2D eigenvalue weighted by Gasteiger charge is -2.38. The first-order valence-corrected chi connectivity index (χ1v) is 8.89. The number of nitrogens with zero attached hydrogens (tertiary/aromatic N) is 1. The van der Waals surface area contributed by atoms with Gasteiger partial charge in [-0.2, -0.15) is 0 Å². The van der Waals surface area contributed by atoms with Crippen LogP contribution in [-0.2, 0) is 6.42 Å². The molecule has 0 saturated carbocycles. The van der Waals surface area contributed by atoms with Crippen LogP contribution in [0, 0.1) is 0 Å². The molecule has 0 bridgehead atoms. The minimum atomic E-state index is 0.532. The third kappa shape index (κ3) is 5.58. The second kappa shape index (κ2) is 9.11. The number of benzene rings is 1. The Hall–Kier alpha value is -1.13. The molecule has 3 nitrogen and oxygen atoms in total. The first-order chi connectivity index (χ1) is 10.7. The van der Waals surface area contributed by atoms with Gasteiger partial charge in [-0.1, -0.05) is 36.8 Å². The van der Waals surface area contributed by atoms with E-state index in [1.165, 1.54) is 31.4 Å². The molecule has 1 aromatic rings. The fourth-order valence-electron chi connectivity index (χ4n) is 3.16. The molecule has 2 N–H and O–H groups in total. The molecule has 2 atom stereocenters. The van der Waals surface area contributed by atoms with Crippen molar-refractivity contribution in [1.29, 1.82) is 0 Å². The normalized spacial score (nSPS) is 20.4. The van der Waals surface area contributed by atoms with E-state index >= 15 is 0 Å². The maximum atomic E-state index is 5.38. The maximum absolute atomic E-state index is 5.38. The molecule has 1 fully saturated rings. The first kappa shape index (κ1) is 17.2. The van der Waals surface area contributed by atoms with Crippen LogP contribution in [0.2, 0.25) is 0 Å². The predicted octanol–water partition coefficient (Wildman–Crippen LogP) is 2.96. The first-order valence-electron chi connectivity index (χ1n) is 8.48. The number of piperidine rings is 1. The van der Waals surface area contributed by atoms with E-state index in [9.17, 15) is 0 Å². The number of hydrogen-bond donors (Lipinski definition) is 2. The summed E-state index contributed by atoms with van der Waals surface area (Å²) in [6, 6.07) is 11.7. The zero-order chi connectivity index (χ0) is 15.8. The summed E-state index contributed by atoms with van der Waals surface area (Å²) in [6.07, 6.45) is 5.03. The Morgan fingerprint density at radius 1 is 1.27 bits per heavy atom. The van der Waals surface area contributed by atoms with Gasteiger partial charge in [0, 0.05) is 25.2 Å². The van der Waals surface area contributed by atoms with Crippen molar-refractivity contribution >= 4 is 17.3 Å². The molecule has 122 valence electrons. The van der Waals surface area contributed by atoms with E-state index in [4.69, 9.17) is 12.2 Å². The van der Waals surface area contributed by atoms with Gasteiger partial charge in [0.1, 0.15) is 0 Å². The van der Waals surface area contributed by atoms with E-state index in [1.807, 2.05) is 6.07 Å². The average Bonchev–Trinajstić information content (AvgIpc) is 2.54. The van der Waals surface area contributed by atoms with Crippen molar-refractivity contribution in [1.82, 2.24) is 15.5 Å². The van der Waals surface area contributed by atoms with Crippen molar-refractivity contribution in [3.05, 3.63) is 35.9 Å². The maximum Gasteiger partial charge on any atom is 0.166 e. The summed E-state index contributed by atoms with van der Waals surface area (Å²) in [5.74, 6) is 0. The number of thiocarbonyl (C=S) groups is 1. The van der Waals surface area contributed by atoms with Crippen LogP contribution in [0.4, 0.5) is 0 Å². The van der Waals surface area contributed by atoms with Crippen LogP contribution in [0.15, 0.2) is 30.3 Å². The minimum absolute atomic E-state index is 0.532. The summed E-state index contributed by atoms with van der Waals surface area (Å²) >= 11 is 5.38. The fourth-order valence-corrected chi connectivity index (χ4v) is 3.35. The fraction of sp³-hybridized carbons (Fsp3) is 0.611. The molecule has 4 heteroatoms. The predicted molar refractivity (Wildman–Crippen MR) is 98.2 cm³/mol. The number of hydrogen-bond acceptors (Lipinski definition) is 2. The Labute approximate surface area is 140 Å². The summed E-state index contributed by atoms with van der Waals surface area (Å²) in [7, 11) is 0. The molecule has 1 heterocycles. The second-order valence-corrected chi connectivity index (χ2v) is 6.71. The van der Waals surface area contributed by atoms with E-state index in [0.717, 1.165) is 24.6 Å². The largest absolute Gasteiger partial charge is 0.362 e. The van der Waals surface area contributed by atoms with Gasteiger partial charge < -0.3 is 10.6 Å². The van der Waals surface area contributed by atoms with Crippen LogP contribution < -0.4 is 10.6 Å². The summed E-state index contributed by atoms with van der Waals surface area (Å²) in [5, 5.41) is 7.44. The van der Waals surface area contributed by atoms with Gasteiger partial charge >= 0.3 is 0 Å². The highest BCUT2D eigenvalue weighted by Crippen LogP contribution is 2.18. The molecule has 1 aliphatic rings. The second-order valence-electron chi connectivity index (χ2n) is 6.30. The molecule has 0 spiro atoms. The van der Waals surface area contributed by atoms with Gasteiger partial charge in [0.05, 0.1) is 0 Å². The van der Waals surface area contributed by atoms with Gasteiger partial charge in [0.2, 0.25) is 0 Å². The van der Waals surface area contributed by atoms with Crippen LogP contribution >= 0.6 is 12.2 Å². The van der Waals surface area contributed by atoms with Crippen LogP contribution in [0.3, 0.4) is 0 Å². The molecular weight excluding hydrogens is 290 g/mol. The van der Waals surface area contributed by atoms with Crippen LogP contribution in [0.25, 0.3) is 0 Å². The lowest BCUT2D eigenvalue weighted by molar-refractivity contribution is 0.116. The topological polar surface area (TPSA) is 27.3 Å². The molecule has 1 saturated heterocycles. The highest BCUT2D eigenvalue weighted by atomic mass is 32.1. The lowest BCUT2D eigenvalue weighted by Crippen LogP contribution is -2.49. The van der Waals surface area contributed by atoms with Gasteiger partial charge in [-0.3, -0.25) is 4.90 Å². The summed E-state index contributed by atoms with van der Waals surface area (Å²) in [6.45, 7) is 7.65. The van der Waals surface area contributed by atoms with Gasteiger partial charge in [-0.15, -0.1) is 0 Å². The van der Waals surface area contributed by atoms with Gasteiger partial charge in [0.15, 0.2) is 5.11 Å². The molecule has 0 radical (unpaired) electrons. The van der Waals surface area contributed by atoms with E-state index in [1.54, 1.807) is 0 Å². The molecular formula is C18H29N3S. The highest BCUT2D eigenvalue weighted by molar-refractivity contribution is 7.80. The Morgan fingerprint density at radius 3 is 2.77 bits per heavy atom. The standard InChI is InChI=1S/C18H29N3S/c1-15-8-6-7-13-21(15)16(2)14-20-18(22)19-12-11-17-9-4-3-5-10-17/h3-5,9-10,15-16H,6-8,11-14H2,1-2H3,(H2,19,20,22)/t15-,16+/m1/s1. The van der Waals surface area contributed by atoms with Crippen molar-refractivity contribution in [2.24, 2.45) is 0 Å². The summed E-state index contributed by atoms with van der Waals surface area (Å²) in [5.41, 5.74) is 1.34.